The number of halogens is 4. The number of piperidine rings is 3. The quantitative estimate of drug-likeness (QED) is 0.250. The lowest BCUT2D eigenvalue weighted by Crippen LogP contribution is -3.21. The lowest BCUT2D eigenvalue weighted by Gasteiger charge is -2.43. The van der Waals surface area contributed by atoms with Crippen molar-refractivity contribution in [2.75, 3.05) is 43.8 Å². The van der Waals surface area contributed by atoms with E-state index in [-0.39, 0.29) is 56.2 Å². The number of likely N-dealkylation sites (tertiary alicyclic amines) is 3. The molecule has 0 aromatic heterocycles. The average Bonchev–Trinajstić information content (AvgIpc) is 3.32. The molecule has 14 nitrogen and oxygen atoms in total. The minimum atomic E-state index is -4.89. The van der Waals surface area contributed by atoms with E-state index < -0.39 is 71.0 Å². The molecule has 55 heavy (non-hydrogen) atoms. The molecule has 0 saturated carbocycles. The number of carbonyl (C=O) groups excluding carboxylic acids is 3. The highest BCUT2D eigenvalue weighted by atomic mass is 35.5. The molecule has 18 heteroatoms. The number of alkyl halides is 3. The SMILES string of the molecule is Nc1c(Cl)cc(C[C@@H](OC(=O)N2CCC(N3CCc4ccccc4NC3=O)CC2)C(=O)N2CCC([NH+]3CCCCC3C(=O)O)CC2C(=O)O)cc1C(F)(F)F. The first kappa shape index (κ1) is 39.9. The van der Waals surface area contributed by atoms with Crippen LogP contribution < -0.4 is 16.0 Å². The minimum Gasteiger partial charge on any atom is -0.480 e. The summed E-state index contributed by atoms with van der Waals surface area (Å²) in [5, 5.41) is 22.7. The number of anilines is 2. The van der Waals surface area contributed by atoms with Crippen molar-refractivity contribution in [2.24, 2.45) is 0 Å². The number of carboxylic acid groups (broad SMARTS) is 2. The van der Waals surface area contributed by atoms with E-state index in [9.17, 15) is 47.4 Å². The minimum absolute atomic E-state index is 0.0601. The maximum atomic E-state index is 14.3. The van der Waals surface area contributed by atoms with Gasteiger partial charge in [-0.3, -0.25) is 4.79 Å². The number of rotatable bonds is 8. The van der Waals surface area contributed by atoms with Gasteiger partial charge in [-0.25, -0.2) is 19.2 Å². The average molecular weight is 794 g/mol. The van der Waals surface area contributed by atoms with Crippen LogP contribution in [0.25, 0.3) is 0 Å². The fraction of sp³-hybridized carbons (Fsp3) is 0.541. The van der Waals surface area contributed by atoms with E-state index >= 15 is 0 Å². The molecule has 2 aromatic rings. The molecule has 4 aliphatic rings. The van der Waals surface area contributed by atoms with E-state index in [0.717, 1.165) is 46.0 Å². The number of aliphatic carboxylic acids is 2. The van der Waals surface area contributed by atoms with Crippen LogP contribution in [0.2, 0.25) is 5.02 Å². The van der Waals surface area contributed by atoms with E-state index in [1.165, 1.54) is 4.90 Å². The van der Waals surface area contributed by atoms with Crippen molar-refractivity contribution in [3.8, 4) is 0 Å². The molecule has 4 unspecified atom stereocenters. The van der Waals surface area contributed by atoms with Crippen molar-refractivity contribution in [1.82, 2.24) is 14.7 Å². The zero-order valence-corrected chi connectivity index (χ0v) is 30.8. The number of quaternary nitrogens is 1. The number of amides is 4. The molecule has 0 spiro atoms. The molecule has 6 N–H and O–H groups in total. The first-order chi connectivity index (χ1) is 26.1. The number of hydrogen-bond acceptors (Lipinski definition) is 7. The lowest BCUT2D eigenvalue weighted by molar-refractivity contribution is -0.947. The number of nitrogens with one attached hydrogen (secondary N) is 2. The number of para-hydroxylation sites is 1. The van der Waals surface area contributed by atoms with Crippen LogP contribution in [0.4, 0.5) is 34.1 Å². The summed E-state index contributed by atoms with van der Waals surface area (Å²) in [6.07, 6.45) is -4.54. The molecule has 3 saturated heterocycles. The zero-order chi connectivity index (χ0) is 39.6. The van der Waals surface area contributed by atoms with E-state index in [4.69, 9.17) is 22.1 Å². The van der Waals surface area contributed by atoms with Crippen molar-refractivity contribution >= 4 is 52.9 Å². The maximum Gasteiger partial charge on any atom is 0.418 e. The molecule has 5 atom stereocenters. The summed E-state index contributed by atoms with van der Waals surface area (Å²) in [5.41, 5.74) is 5.31. The summed E-state index contributed by atoms with van der Waals surface area (Å²) >= 11 is 6.09. The van der Waals surface area contributed by atoms with Crippen LogP contribution in [0.15, 0.2) is 36.4 Å². The van der Waals surface area contributed by atoms with Crippen LogP contribution in [0.3, 0.4) is 0 Å². The topological polar surface area (TPSA) is 187 Å². The van der Waals surface area contributed by atoms with Crippen LogP contribution in [-0.4, -0.2) is 118 Å². The summed E-state index contributed by atoms with van der Waals surface area (Å²) in [6.45, 7) is 1.21. The molecular formula is C37H45ClF3N6O8+. The van der Waals surface area contributed by atoms with Crippen LogP contribution in [0.1, 0.15) is 61.6 Å². The van der Waals surface area contributed by atoms with Gasteiger partial charge in [0.15, 0.2) is 12.1 Å². The number of nitrogens with two attached hydrogens (primary N) is 1. The normalized spacial score (nSPS) is 24.3. The standard InChI is InChI=1S/C37H44ClF3N6O8/c38-26-18-21(17-25(31(26)42)37(39,40)41)19-30(32(48)47-16-11-24(20-29(47)34(51)52)45-12-4-3-7-28(45)33(49)50)55-36(54)44-13-9-23(10-14-44)46-15-8-22-5-1-2-6-27(22)43-35(46)53/h1-2,5-6,17-18,23-24,28-30H,3-4,7-16,19-20,42H2,(H,43,53)(H,49,50)(H,51,52)/p+1/t24?,28?,29?,30-/m1/s1. The van der Waals surface area contributed by atoms with Gasteiger partial charge >= 0.3 is 30.2 Å². The van der Waals surface area contributed by atoms with Gasteiger partial charge in [-0.2, -0.15) is 13.2 Å². The van der Waals surface area contributed by atoms with Gasteiger partial charge < -0.3 is 45.6 Å². The van der Waals surface area contributed by atoms with Crippen LogP contribution in [0.5, 0.6) is 0 Å². The second kappa shape index (κ2) is 16.5. The molecule has 0 aliphatic carbocycles. The number of benzene rings is 2. The van der Waals surface area contributed by atoms with Gasteiger partial charge in [0, 0.05) is 63.6 Å². The highest BCUT2D eigenvalue weighted by molar-refractivity contribution is 6.33. The Labute approximate surface area is 320 Å². The summed E-state index contributed by atoms with van der Waals surface area (Å²) in [6, 6.07) is 6.43. The number of hydrogen-bond donors (Lipinski definition) is 5. The molecule has 4 heterocycles. The predicted octanol–water partition coefficient (Wildman–Crippen LogP) is 3.51. The van der Waals surface area contributed by atoms with Gasteiger partial charge in [0.2, 0.25) is 0 Å². The van der Waals surface area contributed by atoms with Gasteiger partial charge in [-0.05, 0) is 61.4 Å². The largest absolute Gasteiger partial charge is 0.480 e. The van der Waals surface area contributed by atoms with Gasteiger partial charge in [-0.1, -0.05) is 29.8 Å². The van der Waals surface area contributed by atoms with Gasteiger partial charge in [0.25, 0.3) is 5.91 Å². The van der Waals surface area contributed by atoms with Crippen molar-refractivity contribution < 1.29 is 57.0 Å². The predicted molar refractivity (Wildman–Crippen MR) is 193 cm³/mol. The Hall–Kier alpha value is -4.77. The van der Waals surface area contributed by atoms with Crippen LogP contribution in [-0.2, 0) is 38.1 Å². The second-order valence-electron chi connectivity index (χ2n) is 14.7. The van der Waals surface area contributed by atoms with E-state index in [1.807, 2.05) is 24.3 Å². The maximum absolute atomic E-state index is 14.3. The van der Waals surface area contributed by atoms with E-state index in [0.29, 0.717) is 38.8 Å². The number of urea groups is 1. The third kappa shape index (κ3) is 8.88. The van der Waals surface area contributed by atoms with Crippen molar-refractivity contribution in [1.29, 1.82) is 0 Å². The second-order valence-corrected chi connectivity index (χ2v) is 15.1. The lowest BCUT2D eigenvalue weighted by atomic mass is 9.90. The number of ether oxygens (including phenoxy) is 1. The molecule has 0 radical (unpaired) electrons. The Bertz CT molecular complexity index is 1810. The zero-order valence-electron chi connectivity index (χ0n) is 30.0. The Balaban J connectivity index is 1.19. The smallest absolute Gasteiger partial charge is 0.418 e. The van der Waals surface area contributed by atoms with E-state index in [1.54, 1.807) is 4.90 Å². The highest BCUT2D eigenvalue weighted by Crippen LogP contribution is 2.38. The molecule has 3 fully saturated rings. The van der Waals surface area contributed by atoms with Crippen LogP contribution >= 0.6 is 11.6 Å². The molecule has 6 rings (SSSR count). The third-order valence-corrected chi connectivity index (χ3v) is 11.7. The monoisotopic (exact) mass is 793 g/mol. The third-order valence-electron chi connectivity index (χ3n) is 11.4. The number of carbonyl (C=O) groups is 5. The molecule has 0 bridgehead atoms. The van der Waals surface area contributed by atoms with Crippen molar-refractivity contribution in [2.45, 2.75) is 94.2 Å². The van der Waals surface area contributed by atoms with Crippen LogP contribution in [0, 0.1) is 0 Å². The first-order valence-electron chi connectivity index (χ1n) is 18.5. The summed E-state index contributed by atoms with van der Waals surface area (Å²) in [7, 11) is 0. The van der Waals surface area contributed by atoms with Gasteiger partial charge in [-0.15, -0.1) is 0 Å². The molecule has 2 aromatic carbocycles. The van der Waals surface area contributed by atoms with Crippen molar-refractivity contribution in [3.63, 3.8) is 0 Å². The molecule has 4 aliphatic heterocycles. The molecular weight excluding hydrogens is 749 g/mol. The summed E-state index contributed by atoms with van der Waals surface area (Å²) in [4.78, 5) is 70.7. The molecule has 298 valence electrons. The Kier molecular flexibility index (Phi) is 12.0. The summed E-state index contributed by atoms with van der Waals surface area (Å²) < 4.78 is 47.5. The van der Waals surface area contributed by atoms with Gasteiger partial charge in [0.1, 0.15) is 6.04 Å². The fourth-order valence-electron chi connectivity index (χ4n) is 8.51. The Morgan fingerprint density at radius 2 is 1.73 bits per heavy atom. The van der Waals surface area contributed by atoms with Crippen molar-refractivity contribution in [3.05, 3.63) is 58.1 Å². The Morgan fingerprint density at radius 3 is 2.42 bits per heavy atom. The number of nitrogen functional groups attached to an aromatic ring is 1. The van der Waals surface area contributed by atoms with Gasteiger partial charge in [0.05, 0.1) is 28.9 Å². The highest BCUT2D eigenvalue weighted by Gasteiger charge is 2.47. The van der Waals surface area contributed by atoms with E-state index in [2.05, 4.69) is 5.32 Å². The number of carboxylic acids is 2. The fourth-order valence-corrected chi connectivity index (χ4v) is 8.75. The number of nitrogens with zero attached hydrogens (tertiary/aromatic N) is 3. The first-order valence-corrected chi connectivity index (χ1v) is 18.9. The Morgan fingerprint density at radius 1 is 1.00 bits per heavy atom. The number of fused-ring (bicyclic) bond motifs is 1. The molecule has 4 amide bonds. The summed E-state index contributed by atoms with van der Waals surface area (Å²) in [5.74, 6) is -3.24.